The number of hydrogen-bond acceptors (Lipinski definition) is 2. The summed E-state index contributed by atoms with van der Waals surface area (Å²) < 4.78 is 0. The third-order valence-corrected chi connectivity index (χ3v) is 9.39. The quantitative estimate of drug-likeness (QED) is 0.135. The first-order valence-corrected chi connectivity index (χ1v) is 17.2. The molecule has 0 N–H and O–H groups in total. The lowest BCUT2D eigenvalue weighted by Gasteiger charge is -2.26. The average molecular weight is 615 g/mol. The molecular formula is C45H46N2. The van der Waals surface area contributed by atoms with Gasteiger partial charge in [0.25, 0.3) is 0 Å². The SMILES string of the molecule is CCCC(C)c1ccc(N(c2ccccc2)c2ccc(-c3ccc(N(c4ccccc4)c4ccc(C(C)CC)cc4)cc3)cc2)cc1. The molecule has 0 aliphatic rings. The molecule has 6 aromatic rings. The second-order valence-electron chi connectivity index (χ2n) is 12.6. The van der Waals surface area contributed by atoms with Crippen molar-refractivity contribution in [3.05, 3.63) is 169 Å². The van der Waals surface area contributed by atoms with E-state index in [0.717, 1.165) is 34.9 Å². The van der Waals surface area contributed by atoms with Crippen molar-refractivity contribution in [3.8, 4) is 11.1 Å². The van der Waals surface area contributed by atoms with E-state index >= 15 is 0 Å². The summed E-state index contributed by atoms with van der Waals surface area (Å²) in [6.07, 6.45) is 3.55. The predicted molar refractivity (Wildman–Crippen MR) is 203 cm³/mol. The van der Waals surface area contributed by atoms with Gasteiger partial charge in [0.2, 0.25) is 0 Å². The molecule has 0 heterocycles. The molecule has 2 unspecified atom stereocenters. The molecule has 6 aromatic carbocycles. The standard InChI is InChI=1S/C45H46N2/c1-5-13-35(4)37-20-28-43(29-21-37)47(41-16-11-8-12-17-41)45-32-24-39(25-33-45)38-22-30-44(31-23-38)46(40-14-9-7-10-15-40)42-26-18-36(19-27-42)34(3)6-2/h7-12,14-35H,5-6,13H2,1-4H3. The number of para-hydroxylation sites is 2. The zero-order valence-electron chi connectivity index (χ0n) is 28.2. The van der Waals surface area contributed by atoms with E-state index in [0.29, 0.717) is 11.8 Å². The van der Waals surface area contributed by atoms with Crippen molar-refractivity contribution in [2.24, 2.45) is 0 Å². The van der Waals surface area contributed by atoms with Crippen LogP contribution in [-0.2, 0) is 0 Å². The molecular weight excluding hydrogens is 569 g/mol. The third kappa shape index (κ3) is 7.34. The van der Waals surface area contributed by atoms with E-state index < -0.39 is 0 Å². The molecule has 2 heteroatoms. The maximum Gasteiger partial charge on any atom is 0.0462 e. The highest BCUT2D eigenvalue weighted by molar-refractivity contribution is 5.80. The Morgan fingerprint density at radius 2 is 0.702 bits per heavy atom. The third-order valence-electron chi connectivity index (χ3n) is 9.39. The van der Waals surface area contributed by atoms with Gasteiger partial charge in [0.05, 0.1) is 0 Å². The van der Waals surface area contributed by atoms with E-state index in [1.165, 1.54) is 40.8 Å². The van der Waals surface area contributed by atoms with Gasteiger partial charge in [0, 0.05) is 34.1 Å². The maximum absolute atomic E-state index is 2.34. The molecule has 0 saturated heterocycles. The Kier molecular flexibility index (Phi) is 10.2. The molecule has 0 aliphatic carbocycles. The summed E-state index contributed by atoms with van der Waals surface area (Å²) in [5.74, 6) is 1.12. The number of benzene rings is 6. The summed E-state index contributed by atoms with van der Waals surface area (Å²) in [6.45, 7) is 9.12. The Bertz CT molecular complexity index is 1810. The lowest BCUT2D eigenvalue weighted by molar-refractivity contribution is 0.665. The van der Waals surface area contributed by atoms with Gasteiger partial charge in [-0.15, -0.1) is 0 Å². The highest BCUT2D eigenvalue weighted by Gasteiger charge is 2.15. The first-order valence-electron chi connectivity index (χ1n) is 17.2. The van der Waals surface area contributed by atoms with E-state index in [1.807, 2.05) is 0 Å². The van der Waals surface area contributed by atoms with Gasteiger partial charge in [-0.25, -0.2) is 0 Å². The van der Waals surface area contributed by atoms with Crippen LogP contribution in [0.15, 0.2) is 158 Å². The molecule has 0 fully saturated rings. The molecule has 6 rings (SSSR count). The van der Waals surface area contributed by atoms with Crippen LogP contribution in [0.2, 0.25) is 0 Å². The van der Waals surface area contributed by atoms with Crippen LogP contribution in [-0.4, -0.2) is 0 Å². The first-order chi connectivity index (χ1) is 23.1. The van der Waals surface area contributed by atoms with Gasteiger partial charge in [-0.3, -0.25) is 0 Å². The summed E-state index contributed by atoms with van der Waals surface area (Å²) >= 11 is 0. The van der Waals surface area contributed by atoms with Crippen LogP contribution >= 0.6 is 0 Å². The van der Waals surface area contributed by atoms with E-state index in [9.17, 15) is 0 Å². The van der Waals surface area contributed by atoms with Gasteiger partial charge < -0.3 is 9.80 Å². The first kappa shape index (κ1) is 31.9. The number of rotatable bonds is 12. The maximum atomic E-state index is 2.34. The molecule has 236 valence electrons. The Balaban J connectivity index is 1.28. The molecule has 0 amide bonds. The number of nitrogens with zero attached hydrogens (tertiary/aromatic N) is 2. The Labute approximate surface area is 282 Å². The summed E-state index contributed by atoms with van der Waals surface area (Å²) in [6, 6.07) is 57.3. The van der Waals surface area contributed by atoms with Crippen molar-refractivity contribution in [3.63, 3.8) is 0 Å². The lowest BCUT2D eigenvalue weighted by atomic mass is 9.96. The number of hydrogen-bond donors (Lipinski definition) is 0. The molecule has 0 spiro atoms. The van der Waals surface area contributed by atoms with E-state index in [-0.39, 0.29) is 0 Å². The smallest absolute Gasteiger partial charge is 0.0462 e. The van der Waals surface area contributed by atoms with E-state index in [1.54, 1.807) is 0 Å². The molecule has 2 nitrogen and oxygen atoms in total. The summed E-state index contributed by atoms with van der Waals surface area (Å²) in [5.41, 5.74) is 12.1. The summed E-state index contributed by atoms with van der Waals surface area (Å²) in [5, 5.41) is 0. The van der Waals surface area contributed by atoms with Crippen LogP contribution in [0.4, 0.5) is 34.1 Å². The highest BCUT2D eigenvalue weighted by atomic mass is 15.1. The second-order valence-corrected chi connectivity index (χ2v) is 12.6. The van der Waals surface area contributed by atoms with Gasteiger partial charge >= 0.3 is 0 Å². The largest absolute Gasteiger partial charge is 0.311 e. The second kappa shape index (κ2) is 15.0. The van der Waals surface area contributed by atoms with E-state index in [2.05, 4.69) is 195 Å². The Morgan fingerprint density at radius 1 is 0.383 bits per heavy atom. The fraction of sp³-hybridized carbons (Fsp3) is 0.200. The molecule has 0 radical (unpaired) electrons. The fourth-order valence-corrected chi connectivity index (χ4v) is 6.39. The van der Waals surface area contributed by atoms with Crippen LogP contribution in [0.1, 0.15) is 69.9 Å². The molecule has 47 heavy (non-hydrogen) atoms. The highest BCUT2D eigenvalue weighted by Crippen LogP contribution is 2.38. The van der Waals surface area contributed by atoms with Crippen LogP contribution in [0.3, 0.4) is 0 Å². The van der Waals surface area contributed by atoms with Gasteiger partial charge in [0.15, 0.2) is 0 Å². The van der Waals surface area contributed by atoms with Gasteiger partial charge in [-0.1, -0.05) is 119 Å². The monoisotopic (exact) mass is 614 g/mol. The van der Waals surface area contributed by atoms with Crippen molar-refractivity contribution >= 4 is 34.1 Å². The van der Waals surface area contributed by atoms with Crippen LogP contribution in [0.5, 0.6) is 0 Å². The molecule has 0 aliphatic heterocycles. The predicted octanol–water partition coefficient (Wildman–Crippen LogP) is 13.7. The van der Waals surface area contributed by atoms with Gasteiger partial charge in [-0.2, -0.15) is 0 Å². The van der Waals surface area contributed by atoms with Gasteiger partial charge in [0.1, 0.15) is 0 Å². The van der Waals surface area contributed by atoms with Crippen LogP contribution in [0, 0.1) is 0 Å². The van der Waals surface area contributed by atoms with Crippen LogP contribution < -0.4 is 9.80 Å². The fourth-order valence-electron chi connectivity index (χ4n) is 6.39. The van der Waals surface area contributed by atoms with Gasteiger partial charge in [-0.05, 0) is 120 Å². The summed E-state index contributed by atoms with van der Waals surface area (Å²) in [7, 11) is 0. The minimum absolute atomic E-state index is 0.555. The molecule has 0 aromatic heterocycles. The Hall–Kier alpha value is -5.08. The van der Waals surface area contributed by atoms with Crippen molar-refractivity contribution in [2.75, 3.05) is 9.80 Å². The number of anilines is 6. The van der Waals surface area contributed by atoms with E-state index in [4.69, 9.17) is 0 Å². The minimum atomic E-state index is 0.555. The van der Waals surface area contributed by atoms with Crippen molar-refractivity contribution < 1.29 is 0 Å². The zero-order chi connectivity index (χ0) is 32.6. The van der Waals surface area contributed by atoms with Crippen molar-refractivity contribution in [1.82, 2.24) is 0 Å². The molecule has 2 atom stereocenters. The zero-order valence-corrected chi connectivity index (χ0v) is 28.2. The Morgan fingerprint density at radius 3 is 1.04 bits per heavy atom. The minimum Gasteiger partial charge on any atom is -0.311 e. The lowest BCUT2D eigenvalue weighted by Crippen LogP contribution is -2.10. The molecule has 0 bridgehead atoms. The normalized spacial score (nSPS) is 12.3. The van der Waals surface area contributed by atoms with Crippen molar-refractivity contribution in [2.45, 2.75) is 58.8 Å². The van der Waals surface area contributed by atoms with Crippen LogP contribution in [0.25, 0.3) is 11.1 Å². The molecule has 0 saturated carbocycles. The topological polar surface area (TPSA) is 6.48 Å². The average Bonchev–Trinajstić information content (AvgIpc) is 3.14. The van der Waals surface area contributed by atoms with Crippen molar-refractivity contribution in [1.29, 1.82) is 0 Å². The summed E-state index contributed by atoms with van der Waals surface area (Å²) in [4.78, 5) is 4.67.